The van der Waals surface area contributed by atoms with E-state index >= 15 is 0 Å². The molecule has 1 fully saturated rings. The van der Waals surface area contributed by atoms with Gasteiger partial charge in [0.1, 0.15) is 5.60 Å². The molecule has 2 atom stereocenters. The molecule has 1 aliphatic rings. The molecule has 4 heteroatoms. The highest BCUT2D eigenvalue weighted by molar-refractivity contribution is 5.69. The van der Waals surface area contributed by atoms with Crippen LogP contribution in [0.4, 0.5) is 4.79 Å². The van der Waals surface area contributed by atoms with Gasteiger partial charge in [0.2, 0.25) is 0 Å². The largest absolute Gasteiger partial charge is 0.444 e. The van der Waals surface area contributed by atoms with Crippen molar-refractivity contribution in [2.75, 3.05) is 6.54 Å². The van der Waals surface area contributed by atoms with Crippen LogP contribution in [-0.2, 0) is 4.74 Å². The van der Waals surface area contributed by atoms with E-state index in [1.165, 1.54) is 0 Å². The normalized spacial score (nSPS) is 23.5. The van der Waals surface area contributed by atoms with Gasteiger partial charge in [-0.25, -0.2) is 4.79 Å². The van der Waals surface area contributed by atoms with Crippen LogP contribution in [0.25, 0.3) is 0 Å². The van der Waals surface area contributed by atoms with Gasteiger partial charge in [0.05, 0.1) is 6.10 Å². The van der Waals surface area contributed by atoms with E-state index in [1.54, 1.807) is 0 Å². The minimum atomic E-state index is -0.475. The molecule has 0 aliphatic carbocycles. The summed E-state index contributed by atoms with van der Waals surface area (Å²) < 4.78 is 5.52. The van der Waals surface area contributed by atoms with Crippen LogP contribution in [0.2, 0.25) is 0 Å². The van der Waals surface area contributed by atoms with Crippen LogP contribution >= 0.6 is 0 Å². The molecule has 1 saturated heterocycles. The Bertz CT molecular complexity index is 390. The number of aliphatic hydroxyl groups is 1. The van der Waals surface area contributed by atoms with Gasteiger partial charge in [-0.05, 0) is 65.2 Å². The maximum Gasteiger partial charge on any atom is 0.410 e. The van der Waals surface area contributed by atoms with Crippen LogP contribution in [0.3, 0.4) is 0 Å². The molecule has 1 rings (SSSR count). The van der Waals surface area contributed by atoms with Crippen molar-refractivity contribution in [1.82, 2.24) is 4.90 Å². The van der Waals surface area contributed by atoms with Gasteiger partial charge >= 0.3 is 6.09 Å². The third kappa shape index (κ3) is 6.15. The van der Waals surface area contributed by atoms with Crippen molar-refractivity contribution in [3.05, 3.63) is 0 Å². The third-order valence-corrected chi connectivity index (χ3v) is 4.03. The SMILES string of the molecule is CC(C)(C)CC(O)C[C@@H]1CN(C(=O)OC(C)(C)C)C(C)(C)C1. The number of likely N-dealkylation sites (tertiary alicyclic amines) is 1. The summed E-state index contributed by atoms with van der Waals surface area (Å²) in [6.07, 6.45) is 1.90. The first-order valence-corrected chi connectivity index (χ1v) is 8.38. The fraction of sp³-hybridized carbons (Fsp3) is 0.944. The highest BCUT2D eigenvalue weighted by atomic mass is 16.6. The second-order valence-electron chi connectivity index (χ2n) is 9.63. The van der Waals surface area contributed by atoms with E-state index in [4.69, 9.17) is 4.74 Å². The Hall–Kier alpha value is -0.770. The van der Waals surface area contributed by atoms with Crippen LogP contribution in [0, 0.1) is 11.3 Å². The molecule has 1 N–H and O–H groups in total. The number of ether oxygens (including phenoxy) is 1. The van der Waals surface area contributed by atoms with Gasteiger partial charge < -0.3 is 14.7 Å². The van der Waals surface area contributed by atoms with Crippen LogP contribution in [0.15, 0.2) is 0 Å². The number of amides is 1. The van der Waals surface area contributed by atoms with Crippen molar-refractivity contribution in [3.63, 3.8) is 0 Å². The fourth-order valence-corrected chi connectivity index (χ4v) is 3.36. The monoisotopic (exact) mass is 313 g/mol. The highest BCUT2D eigenvalue weighted by Gasteiger charge is 2.43. The Morgan fingerprint density at radius 1 is 1.27 bits per heavy atom. The van der Waals surface area contributed by atoms with Crippen LogP contribution < -0.4 is 0 Å². The molecule has 0 bridgehead atoms. The Labute approximate surface area is 136 Å². The average molecular weight is 313 g/mol. The van der Waals surface area contributed by atoms with Gasteiger partial charge in [0, 0.05) is 12.1 Å². The number of rotatable bonds is 3. The second-order valence-corrected chi connectivity index (χ2v) is 9.63. The zero-order chi connectivity index (χ0) is 17.3. The van der Waals surface area contributed by atoms with Gasteiger partial charge in [-0.3, -0.25) is 0 Å². The zero-order valence-electron chi connectivity index (χ0n) is 15.7. The smallest absolute Gasteiger partial charge is 0.410 e. The number of hydrogen-bond acceptors (Lipinski definition) is 3. The minimum absolute atomic E-state index is 0.123. The first-order valence-electron chi connectivity index (χ1n) is 8.38. The molecule has 1 amide bonds. The summed E-state index contributed by atoms with van der Waals surface area (Å²) in [4.78, 5) is 14.2. The summed E-state index contributed by atoms with van der Waals surface area (Å²) in [7, 11) is 0. The molecule has 0 aromatic heterocycles. The van der Waals surface area contributed by atoms with E-state index in [9.17, 15) is 9.90 Å². The number of hydrogen-bond donors (Lipinski definition) is 1. The van der Waals surface area contributed by atoms with Crippen molar-refractivity contribution in [3.8, 4) is 0 Å². The van der Waals surface area contributed by atoms with Crippen molar-refractivity contribution < 1.29 is 14.6 Å². The molecule has 1 aliphatic heterocycles. The third-order valence-electron chi connectivity index (χ3n) is 4.03. The molecule has 0 aromatic rings. The summed E-state index contributed by atoms with van der Waals surface area (Å²) >= 11 is 0. The van der Waals surface area contributed by atoms with Crippen LogP contribution in [-0.4, -0.2) is 39.9 Å². The number of aliphatic hydroxyl groups excluding tert-OH is 1. The van der Waals surface area contributed by atoms with Crippen LogP contribution in [0.5, 0.6) is 0 Å². The topological polar surface area (TPSA) is 49.8 Å². The van der Waals surface area contributed by atoms with E-state index in [1.807, 2.05) is 25.7 Å². The van der Waals surface area contributed by atoms with Gasteiger partial charge in [0.15, 0.2) is 0 Å². The molecule has 1 unspecified atom stereocenters. The van der Waals surface area contributed by atoms with Gasteiger partial charge in [-0.2, -0.15) is 0 Å². The van der Waals surface area contributed by atoms with E-state index < -0.39 is 5.60 Å². The van der Waals surface area contributed by atoms with E-state index in [0.29, 0.717) is 12.5 Å². The Morgan fingerprint density at radius 3 is 2.27 bits per heavy atom. The predicted molar refractivity (Wildman–Crippen MR) is 89.8 cm³/mol. The zero-order valence-corrected chi connectivity index (χ0v) is 15.7. The minimum Gasteiger partial charge on any atom is -0.444 e. The molecule has 0 saturated carbocycles. The maximum atomic E-state index is 12.4. The number of carbonyl (C=O) groups is 1. The lowest BCUT2D eigenvalue weighted by Gasteiger charge is -2.33. The lowest BCUT2D eigenvalue weighted by molar-refractivity contribution is 0.0127. The summed E-state index contributed by atoms with van der Waals surface area (Å²) in [5.41, 5.74) is -0.566. The molecule has 0 spiro atoms. The molecule has 4 nitrogen and oxygen atoms in total. The highest BCUT2D eigenvalue weighted by Crippen LogP contribution is 2.37. The van der Waals surface area contributed by atoms with Gasteiger partial charge in [-0.1, -0.05) is 20.8 Å². The van der Waals surface area contributed by atoms with E-state index in [-0.39, 0.29) is 23.2 Å². The Morgan fingerprint density at radius 2 is 1.82 bits per heavy atom. The molecule has 22 heavy (non-hydrogen) atoms. The molecule has 0 aromatic carbocycles. The molecule has 1 heterocycles. The first-order chi connectivity index (χ1) is 9.70. The molecular formula is C18H35NO3. The summed E-state index contributed by atoms with van der Waals surface area (Å²) in [6, 6.07) is 0. The first kappa shape index (κ1) is 19.3. The Balaban J connectivity index is 2.64. The van der Waals surface area contributed by atoms with Crippen molar-refractivity contribution >= 4 is 6.09 Å². The fourth-order valence-electron chi connectivity index (χ4n) is 3.36. The van der Waals surface area contributed by atoms with Gasteiger partial charge in [-0.15, -0.1) is 0 Å². The number of carbonyl (C=O) groups excluding carboxylic acids is 1. The summed E-state index contributed by atoms with van der Waals surface area (Å²) in [5, 5.41) is 10.3. The maximum absolute atomic E-state index is 12.4. The molecule has 0 radical (unpaired) electrons. The average Bonchev–Trinajstić information content (AvgIpc) is 2.47. The van der Waals surface area contributed by atoms with Crippen molar-refractivity contribution in [2.24, 2.45) is 11.3 Å². The van der Waals surface area contributed by atoms with E-state index in [2.05, 4.69) is 34.6 Å². The van der Waals surface area contributed by atoms with Gasteiger partial charge in [0.25, 0.3) is 0 Å². The number of nitrogens with zero attached hydrogens (tertiary/aromatic N) is 1. The van der Waals surface area contributed by atoms with E-state index in [0.717, 1.165) is 19.3 Å². The second kappa shape index (κ2) is 6.38. The molecular weight excluding hydrogens is 278 g/mol. The molecule has 130 valence electrons. The summed E-state index contributed by atoms with van der Waals surface area (Å²) in [5.74, 6) is 0.333. The lowest BCUT2D eigenvalue weighted by Crippen LogP contribution is -2.45. The lowest BCUT2D eigenvalue weighted by atomic mass is 9.84. The standard InChI is InChI=1S/C18H35NO3/c1-16(2,3)11-14(20)9-13-10-18(7,8)19(12-13)15(21)22-17(4,5)6/h13-14,20H,9-12H2,1-8H3/t13-,14?/m0/s1. The van der Waals surface area contributed by atoms with Crippen molar-refractivity contribution in [1.29, 1.82) is 0 Å². The van der Waals surface area contributed by atoms with Crippen LogP contribution in [0.1, 0.15) is 74.7 Å². The predicted octanol–water partition coefficient (Wildman–Crippen LogP) is 4.21. The Kier molecular flexibility index (Phi) is 5.59. The quantitative estimate of drug-likeness (QED) is 0.849. The van der Waals surface area contributed by atoms with Crippen molar-refractivity contribution in [2.45, 2.75) is 91.9 Å². The summed E-state index contributed by atoms with van der Waals surface area (Å²) in [6.45, 7) is 16.9.